The van der Waals surface area contributed by atoms with Gasteiger partial charge in [-0.2, -0.15) is 0 Å². The van der Waals surface area contributed by atoms with Crippen LogP contribution in [0.15, 0.2) is 42.5 Å². The van der Waals surface area contributed by atoms with Crippen molar-refractivity contribution in [2.45, 2.75) is 32.1 Å². The minimum Gasteiger partial charge on any atom is -0.442 e. The molecule has 1 aliphatic carbocycles. The van der Waals surface area contributed by atoms with Gasteiger partial charge in [0, 0.05) is 49.2 Å². The molecular formula is C21H17NO7. The quantitative estimate of drug-likeness (QED) is 0.623. The topological polar surface area (TPSA) is 108 Å². The van der Waals surface area contributed by atoms with Crippen LogP contribution in [0.4, 0.5) is 5.69 Å². The van der Waals surface area contributed by atoms with E-state index in [4.69, 9.17) is 14.2 Å². The molecule has 8 nitrogen and oxygen atoms in total. The van der Waals surface area contributed by atoms with Crippen LogP contribution in [0.3, 0.4) is 0 Å². The smallest absolute Gasteiger partial charge is 0.308 e. The maximum atomic E-state index is 13.4. The molecular weight excluding hydrogens is 378 g/mol. The van der Waals surface area contributed by atoms with Crippen LogP contribution < -0.4 is 10.1 Å². The molecule has 2 unspecified atom stereocenters. The molecule has 0 aromatic heterocycles. The van der Waals surface area contributed by atoms with Gasteiger partial charge in [-0.15, -0.1) is 0 Å². The molecule has 2 atom stereocenters. The summed E-state index contributed by atoms with van der Waals surface area (Å²) in [5, 5.41) is 2.94. The Morgan fingerprint density at radius 3 is 2.21 bits per heavy atom. The van der Waals surface area contributed by atoms with Crippen molar-refractivity contribution in [2.24, 2.45) is 0 Å². The maximum Gasteiger partial charge on any atom is 0.308 e. The summed E-state index contributed by atoms with van der Waals surface area (Å²) in [6, 6.07) is 11.2. The average Bonchev–Trinajstić information content (AvgIpc) is 2.99. The predicted molar refractivity (Wildman–Crippen MR) is 99.2 cm³/mol. The zero-order chi connectivity index (χ0) is 21.0. The lowest BCUT2D eigenvalue weighted by atomic mass is 9.84. The zero-order valence-corrected chi connectivity index (χ0v) is 15.9. The van der Waals surface area contributed by atoms with E-state index in [1.807, 2.05) is 0 Å². The van der Waals surface area contributed by atoms with Crippen molar-refractivity contribution >= 4 is 29.4 Å². The number of Topliss-reactive ketones (excluding diaryl/α,β-unsaturated/α-hetero) is 1. The summed E-state index contributed by atoms with van der Waals surface area (Å²) in [7, 11) is 0. The number of carbonyl (C=O) groups excluding carboxylic acids is 4. The summed E-state index contributed by atoms with van der Waals surface area (Å²) in [6.07, 6.45) is 0. The predicted octanol–water partition coefficient (Wildman–Crippen LogP) is 2.30. The Kier molecular flexibility index (Phi) is 3.97. The largest absolute Gasteiger partial charge is 0.442 e. The number of esters is 3. The monoisotopic (exact) mass is 395 g/mol. The van der Waals surface area contributed by atoms with Crippen LogP contribution in [0.1, 0.15) is 42.3 Å². The molecule has 0 spiro atoms. The average molecular weight is 395 g/mol. The first-order valence-electron chi connectivity index (χ1n) is 8.86. The van der Waals surface area contributed by atoms with Crippen molar-refractivity contribution in [1.82, 2.24) is 0 Å². The van der Waals surface area contributed by atoms with Gasteiger partial charge in [0.05, 0.1) is 0 Å². The molecule has 0 bridgehead atoms. The standard InChI is InChI=1S/C21H17NO7/c1-11(23)27-14-8-9-17-18(10-14)22-21(29-13(3)25)19(26)15-6-4-5-7-16(15)20(17,21)28-12(2)24/h4-10,22H,1-3H3. The summed E-state index contributed by atoms with van der Waals surface area (Å²) < 4.78 is 16.4. The number of rotatable bonds is 3. The van der Waals surface area contributed by atoms with Crippen molar-refractivity contribution in [3.05, 3.63) is 59.2 Å². The maximum absolute atomic E-state index is 13.4. The van der Waals surface area contributed by atoms with E-state index in [1.54, 1.807) is 30.3 Å². The Labute approximate surface area is 165 Å². The van der Waals surface area contributed by atoms with Gasteiger partial charge in [-0.1, -0.05) is 24.3 Å². The van der Waals surface area contributed by atoms with E-state index in [2.05, 4.69) is 5.32 Å². The molecule has 1 aliphatic heterocycles. The van der Waals surface area contributed by atoms with Crippen LogP contribution in [0, 0.1) is 0 Å². The van der Waals surface area contributed by atoms with Gasteiger partial charge in [0.15, 0.2) is 0 Å². The van der Waals surface area contributed by atoms with Gasteiger partial charge < -0.3 is 19.5 Å². The van der Waals surface area contributed by atoms with E-state index in [0.717, 1.165) is 0 Å². The highest BCUT2D eigenvalue weighted by atomic mass is 16.6. The Balaban J connectivity index is 2.03. The third-order valence-electron chi connectivity index (χ3n) is 4.90. The summed E-state index contributed by atoms with van der Waals surface area (Å²) in [6.45, 7) is 3.64. The van der Waals surface area contributed by atoms with E-state index in [-0.39, 0.29) is 11.3 Å². The van der Waals surface area contributed by atoms with Crippen LogP contribution in [-0.2, 0) is 29.5 Å². The van der Waals surface area contributed by atoms with Crippen LogP contribution in [0.25, 0.3) is 0 Å². The van der Waals surface area contributed by atoms with Crippen molar-refractivity contribution < 1.29 is 33.4 Å². The molecule has 8 heteroatoms. The number of hydrogen-bond acceptors (Lipinski definition) is 8. The highest BCUT2D eigenvalue weighted by molar-refractivity contribution is 6.13. The first-order valence-corrected chi connectivity index (χ1v) is 8.86. The number of anilines is 1. The Morgan fingerprint density at radius 1 is 0.862 bits per heavy atom. The second-order valence-electron chi connectivity index (χ2n) is 6.85. The fourth-order valence-electron chi connectivity index (χ4n) is 4.12. The molecule has 0 amide bonds. The SMILES string of the molecule is CC(=O)Oc1ccc2c(c1)NC1(OC(C)=O)C(=O)c3ccccc3C21OC(C)=O. The Morgan fingerprint density at radius 2 is 1.55 bits per heavy atom. The summed E-state index contributed by atoms with van der Waals surface area (Å²) in [4.78, 5) is 48.9. The highest BCUT2D eigenvalue weighted by Gasteiger charge is 2.74. The van der Waals surface area contributed by atoms with Crippen LogP contribution in [-0.4, -0.2) is 29.4 Å². The molecule has 1 heterocycles. The lowest BCUT2D eigenvalue weighted by Gasteiger charge is -2.37. The third kappa shape index (κ3) is 2.45. The molecule has 2 aromatic rings. The summed E-state index contributed by atoms with van der Waals surface area (Å²) >= 11 is 0. The van der Waals surface area contributed by atoms with Crippen LogP contribution >= 0.6 is 0 Å². The lowest BCUT2D eigenvalue weighted by molar-refractivity contribution is -0.184. The Hall–Kier alpha value is -3.68. The van der Waals surface area contributed by atoms with Crippen molar-refractivity contribution in [3.63, 3.8) is 0 Å². The second kappa shape index (κ2) is 6.16. The minimum absolute atomic E-state index is 0.223. The third-order valence-corrected chi connectivity index (χ3v) is 4.90. The molecule has 0 radical (unpaired) electrons. The number of fused-ring (bicyclic) bond motifs is 5. The molecule has 4 rings (SSSR count). The molecule has 2 aromatic carbocycles. The lowest BCUT2D eigenvalue weighted by Crippen LogP contribution is -2.58. The molecule has 0 fully saturated rings. The number of hydrogen-bond donors (Lipinski definition) is 1. The van der Waals surface area contributed by atoms with Gasteiger partial charge in [-0.3, -0.25) is 19.2 Å². The van der Waals surface area contributed by atoms with Gasteiger partial charge in [0.25, 0.3) is 5.72 Å². The van der Waals surface area contributed by atoms with E-state index >= 15 is 0 Å². The van der Waals surface area contributed by atoms with Crippen LogP contribution in [0.2, 0.25) is 0 Å². The van der Waals surface area contributed by atoms with Gasteiger partial charge in [0.2, 0.25) is 11.4 Å². The number of ketones is 1. The fourth-order valence-corrected chi connectivity index (χ4v) is 4.12. The normalized spacial score (nSPS) is 23.3. The first-order chi connectivity index (χ1) is 13.7. The molecule has 1 N–H and O–H groups in total. The van der Waals surface area contributed by atoms with Gasteiger partial charge in [-0.05, 0) is 12.1 Å². The fraction of sp³-hybridized carbons (Fsp3) is 0.238. The van der Waals surface area contributed by atoms with Crippen molar-refractivity contribution in [2.75, 3.05) is 5.32 Å². The van der Waals surface area contributed by atoms with Crippen LogP contribution in [0.5, 0.6) is 5.75 Å². The summed E-state index contributed by atoms with van der Waals surface area (Å²) in [5.74, 6) is -2.24. The number of ether oxygens (including phenoxy) is 3. The Bertz CT molecular complexity index is 1090. The molecule has 0 saturated heterocycles. The molecule has 29 heavy (non-hydrogen) atoms. The van der Waals surface area contributed by atoms with Gasteiger partial charge in [-0.25, -0.2) is 0 Å². The van der Waals surface area contributed by atoms with E-state index in [9.17, 15) is 19.2 Å². The highest BCUT2D eigenvalue weighted by Crippen LogP contribution is 2.59. The van der Waals surface area contributed by atoms with E-state index in [0.29, 0.717) is 16.8 Å². The molecule has 0 saturated carbocycles. The van der Waals surface area contributed by atoms with Gasteiger partial charge in [0.1, 0.15) is 5.75 Å². The van der Waals surface area contributed by atoms with Crippen molar-refractivity contribution in [1.29, 1.82) is 0 Å². The summed E-state index contributed by atoms with van der Waals surface area (Å²) in [5.41, 5.74) is -2.31. The van der Waals surface area contributed by atoms with Crippen molar-refractivity contribution in [3.8, 4) is 5.75 Å². The minimum atomic E-state index is -2.01. The number of nitrogens with one attached hydrogen (secondary N) is 1. The first kappa shape index (κ1) is 18.7. The van der Waals surface area contributed by atoms with Gasteiger partial charge >= 0.3 is 17.9 Å². The second-order valence-corrected chi connectivity index (χ2v) is 6.85. The number of carbonyl (C=O) groups is 4. The zero-order valence-electron chi connectivity index (χ0n) is 15.9. The van der Waals surface area contributed by atoms with E-state index < -0.39 is 35.0 Å². The number of benzene rings is 2. The molecule has 2 aliphatic rings. The van der Waals surface area contributed by atoms with E-state index in [1.165, 1.54) is 32.9 Å². The molecule has 148 valence electrons.